The lowest BCUT2D eigenvalue weighted by molar-refractivity contribution is 0.208. The molecule has 3 heterocycles. The first kappa shape index (κ1) is 25.5. The number of nitrogens with zero attached hydrogens (tertiary/aromatic N) is 3. The minimum absolute atomic E-state index is 0.184. The van der Waals surface area contributed by atoms with E-state index in [0.717, 1.165) is 61.0 Å². The topological polar surface area (TPSA) is 55.3 Å². The predicted molar refractivity (Wildman–Crippen MR) is 182 cm³/mol. The minimum atomic E-state index is -0.473. The number of anilines is 2. The van der Waals surface area contributed by atoms with E-state index in [4.69, 9.17) is 14.7 Å². The Morgan fingerprint density at radius 3 is 1.82 bits per heavy atom. The molecule has 6 aromatic carbocycles. The number of benzene rings is 6. The van der Waals surface area contributed by atoms with Crippen molar-refractivity contribution < 1.29 is 9.53 Å². The fourth-order valence-corrected chi connectivity index (χ4v) is 6.92. The largest absolute Gasteiger partial charge is 0.425 e. The van der Waals surface area contributed by atoms with Crippen LogP contribution in [-0.4, -0.2) is 22.8 Å². The van der Waals surface area contributed by atoms with E-state index >= 15 is 0 Å². The van der Waals surface area contributed by atoms with Gasteiger partial charge in [-0.05, 0) is 45.3 Å². The highest BCUT2D eigenvalue weighted by Gasteiger charge is 2.43. The third-order valence-corrected chi connectivity index (χ3v) is 8.82. The first-order valence-corrected chi connectivity index (χ1v) is 15.0. The van der Waals surface area contributed by atoms with Crippen molar-refractivity contribution in [2.45, 2.75) is 0 Å². The number of ether oxygens (including phenoxy) is 1. The molecule has 6 heteroatoms. The first-order chi connectivity index (χ1) is 22.3. The Morgan fingerprint density at radius 1 is 0.556 bits per heavy atom. The smallest absolute Gasteiger partial charge is 0.390 e. The number of hydrogen-bond donors (Lipinski definition) is 0. The highest BCUT2D eigenvalue weighted by Crippen LogP contribution is 2.43. The Kier molecular flexibility index (Phi) is 5.68. The number of carbonyl (C=O) groups is 1. The van der Waals surface area contributed by atoms with E-state index < -0.39 is 6.09 Å². The van der Waals surface area contributed by atoms with Crippen LogP contribution in [0.25, 0.3) is 44.5 Å². The fraction of sp³-hybridized carbons (Fsp3) is 0. The number of aromatic nitrogens is 2. The third-order valence-electron chi connectivity index (χ3n) is 8.82. The molecule has 0 saturated carbocycles. The normalized spacial score (nSPS) is 13.0. The van der Waals surface area contributed by atoms with Crippen LogP contribution in [0.1, 0.15) is 0 Å². The van der Waals surface area contributed by atoms with Gasteiger partial charge in [0.15, 0.2) is 5.82 Å². The summed E-state index contributed by atoms with van der Waals surface area (Å²) >= 11 is 0. The lowest BCUT2D eigenvalue weighted by Gasteiger charge is -2.38. The molecule has 2 aliphatic heterocycles. The van der Waals surface area contributed by atoms with Crippen LogP contribution in [0.15, 0.2) is 146 Å². The van der Waals surface area contributed by atoms with Crippen LogP contribution >= 0.6 is 0 Å². The number of hydrogen-bond acceptors (Lipinski definition) is 4. The number of fused-ring (bicyclic) bond motifs is 2. The van der Waals surface area contributed by atoms with Gasteiger partial charge in [0.25, 0.3) is 0 Å². The Bertz CT molecular complexity index is 2220. The van der Waals surface area contributed by atoms with E-state index in [2.05, 4.69) is 78.9 Å². The van der Waals surface area contributed by atoms with Crippen LogP contribution in [0, 0.1) is 0 Å². The maximum Gasteiger partial charge on any atom is 0.425 e. The van der Waals surface area contributed by atoms with Gasteiger partial charge in [0, 0.05) is 11.3 Å². The fourth-order valence-electron chi connectivity index (χ4n) is 6.92. The monoisotopic (exact) mass is 577 g/mol. The van der Waals surface area contributed by atoms with Crippen molar-refractivity contribution >= 4 is 51.5 Å². The van der Waals surface area contributed by atoms with Gasteiger partial charge in [-0.3, -0.25) is 0 Å². The van der Waals surface area contributed by atoms with Gasteiger partial charge >= 0.3 is 6.09 Å². The molecule has 1 aromatic heterocycles. The second-order valence-electron chi connectivity index (χ2n) is 11.3. The van der Waals surface area contributed by atoms with Crippen LogP contribution in [0.5, 0.6) is 5.88 Å². The highest BCUT2D eigenvalue weighted by atomic mass is 16.6. The van der Waals surface area contributed by atoms with Crippen LogP contribution in [0.2, 0.25) is 0 Å². The summed E-state index contributed by atoms with van der Waals surface area (Å²) in [5.41, 5.74) is 11.0. The van der Waals surface area contributed by atoms with E-state index in [1.54, 1.807) is 4.90 Å². The summed E-state index contributed by atoms with van der Waals surface area (Å²) in [4.78, 5) is 25.3. The van der Waals surface area contributed by atoms with E-state index in [1.165, 1.54) is 5.46 Å². The molecule has 1 amide bonds. The van der Waals surface area contributed by atoms with Crippen LogP contribution < -0.4 is 26.0 Å². The second-order valence-corrected chi connectivity index (χ2v) is 11.3. The Labute approximate surface area is 260 Å². The van der Waals surface area contributed by atoms with E-state index in [9.17, 15) is 4.79 Å². The predicted octanol–water partition coefficient (Wildman–Crippen LogP) is 7.11. The zero-order valence-electron chi connectivity index (χ0n) is 24.1. The third kappa shape index (κ3) is 3.92. The molecule has 0 N–H and O–H groups in total. The summed E-state index contributed by atoms with van der Waals surface area (Å²) in [6.45, 7) is -0.184. The van der Waals surface area contributed by atoms with Crippen molar-refractivity contribution in [2.24, 2.45) is 0 Å². The first-order valence-electron chi connectivity index (χ1n) is 15.0. The minimum Gasteiger partial charge on any atom is -0.390 e. The molecule has 2 aliphatic rings. The van der Waals surface area contributed by atoms with E-state index in [1.807, 2.05) is 66.7 Å². The highest BCUT2D eigenvalue weighted by molar-refractivity contribution is 6.99. The lowest BCUT2D eigenvalue weighted by atomic mass is 9.33. The zero-order valence-corrected chi connectivity index (χ0v) is 24.1. The van der Waals surface area contributed by atoms with Crippen LogP contribution in [-0.2, 0) is 0 Å². The molecule has 0 radical (unpaired) electrons. The van der Waals surface area contributed by atoms with Crippen molar-refractivity contribution in [1.29, 1.82) is 0 Å². The maximum atomic E-state index is 13.9. The average molecular weight is 577 g/mol. The van der Waals surface area contributed by atoms with E-state index in [0.29, 0.717) is 5.82 Å². The summed E-state index contributed by atoms with van der Waals surface area (Å²) in [7, 11) is 0. The Morgan fingerprint density at radius 2 is 1.16 bits per heavy atom. The van der Waals surface area contributed by atoms with Crippen molar-refractivity contribution in [1.82, 2.24) is 9.97 Å². The molecule has 0 bridgehead atoms. The van der Waals surface area contributed by atoms with Gasteiger partial charge in [-0.25, -0.2) is 14.7 Å². The quantitative estimate of drug-likeness (QED) is 0.209. The molecule has 0 aliphatic carbocycles. The van der Waals surface area contributed by atoms with Crippen molar-refractivity contribution in [2.75, 3.05) is 4.90 Å². The summed E-state index contributed by atoms with van der Waals surface area (Å²) < 4.78 is 5.98. The van der Waals surface area contributed by atoms with Crippen LogP contribution in [0.3, 0.4) is 0 Å². The SMILES string of the molecule is O=C1Oc2nc(-c3ccccc3)nc3ccc4c(c23)N1c1ccccc1B4c1c(-c2ccccc2)cccc1-c1ccccc1. The number of rotatable bonds is 4. The molecule has 9 rings (SSSR count). The van der Waals surface area contributed by atoms with Crippen molar-refractivity contribution in [3.05, 3.63) is 146 Å². The molecular formula is C39H24BN3O2. The number of para-hydroxylation sites is 1. The molecule has 45 heavy (non-hydrogen) atoms. The lowest BCUT2D eigenvalue weighted by Crippen LogP contribution is -2.60. The van der Waals surface area contributed by atoms with Gasteiger partial charge in [0.2, 0.25) is 12.6 Å². The average Bonchev–Trinajstić information content (AvgIpc) is 3.11. The Hall–Kier alpha value is -6.01. The molecule has 0 unspecified atom stereocenters. The zero-order chi connectivity index (χ0) is 29.9. The van der Waals surface area contributed by atoms with Gasteiger partial charge in [0.05, 0.1) is 16.6 Å². The van der Waals surface area contributed by atoms with Crippen LogP contribution in [0.4, 0.5) is 16.2 Å². The summed E-state index contributed by atoms with van der Waals surface area (Å²) in [5.74, 6) is 0.808. The van der Waals surface area contributed by atoms with Gasteiger partial charge in [-0.2, -0.15) is 4.98 Å². The van der Waals surface area contributed by atoms with Gasteiger partial charge in [0.1, 0.15) is 0 Å². The second kappa shape index (κ2) is 10.0. The number of amides is 1. The molecule has 0 saturated heterocycles. The Balaban J connectivity index is 1.38. The summed E-state index contributed by atoms with van der Waals surface area (Å²) in [5, 5.41) is 0.740. The molecule has 7 aromatic rings. The molecule has 0 fully saturated rings. The van der Waals surface area contributed by atoms with Crippen molar-refractivity contribution in [3.63, 3.8) is 0 Å². The van der Waals surface area contributed by atoms with Gasteiger partial charge in [-0.15, -0.1) is 0 Å². The van der Waals surface area contributed by atoms with Gasteiger partial charge in [-0.1, -0.05) is 139 Å². The molecular weight excluding hydrogens is 553 g/mol. The standard InChI is InChI=1S/C39H24BN3O2/c44-39-43-33-22-11-10-21-30(33)40(35-28(25-13-4-1-5-14-25)19-12-20-29(35)26-15-6-2-7-16-26)31-23-24-32-34(36(31)43)38(45-39)42-37(41-32)27-17-8-3-9-18-27/h1-24H. The van der Waals surface area contributed by atoms with Gasteiger partial charge < -0.3 is 4.74 Å². The number of carbonyl (C=O) groups excluding carboxylic acids is 1. The van der Waals surface area contributed by atoms with Crippen molar-refractivity contribution in [3.8, 4) is 39.5 Å². The molecule has 5 nitrogen and oxygen atoms in total. The summed E-state index contributed by atoms with van der Waals surface area (Å²) in [6, 6.07) is 49.7. The molecule has 0 atom stereocenters. The molecule has 0 spiro atoms. The molecule has 210 valence electrons. The van der Waals surface area contributed by atoms with E-state index in [-0.39, 0.29) is 12.6 Å². The summed E-state index contributed by atoms with van der Waals surface area (Å²) in [6.07, 6.45) is -0.473. The maximum absolute atomic E-state index is 13.9.